The van der Waals surface area contributed by atoms with Crippen molar-refractivity contribution in [1.29, 1.82) is 0 Å². The Bertz CT molecular complexity index is 1300. The molecule has 1 unspecified atom stereocenters. The quantitative estimate of drug-likeness (QED) is 0.635. The van der Waals surface area contributed by atoms with Gasteiger partial charge in [0.25, 0.3) is 5.56 Å². The third-order valence-electron chi connectivity index (χ3n) is 6.23. The number of sulfone groups is 1. The monoisotopic (exact) mass is 454 g/mol. The molecule has 9 nitrogen and oxygen atoms in total. The number of piperazine rings is 1. The second-order valence-electron chi connectivity index (χ2n) is 8.53. The molecule has 10 heteroatoms. The van der Waals surface area contributed by atoms with Crippen molar-refractivity contribution in [2.75, 3.05) is 54.9 Å². The summed E-state index contributed by atoms with van der Waals surface area (Å²) in [6.07, 6.45) is 2.07. The Kier molecular flexibility index (Phi) is 5.34. The van der Waals surface area contributed by atoms with E-state index in [9.17, 15) is 13.2 Å². The fourth-order valence-electron chi connectivity index (χ4n) is 4.38. The van der Waals surface area contributed by atoms with Crippen LogP contribution in [0, 0.1) is 0 Å². The van der Waals surface area contributed by atoms with Crippen LogP contribution in [-0.2, 0) is 9.84 Å². The highest BCUT2D eigenvalue weighted by Gasteiger charge is 2.31. The first-order chi connectivity index (χ1) is 15.4. The number of hydrogen-bond acceptors (Lipinski definition) is 8. The smallest absolute Gasteiger partial charge is 0.252 e. The topological polar surface area (TPSA) is 100 Å². The number of likely N-dealkylation sites (N-methyl/N-ethyl adjacent to an activating group) is 1. The summed E-state index contributed by atoms with van der Waals surface area (Å²) in [5, 5.41) is 3.90. The molecular formula is C22H26N6O3S. The molecule has 0 bridgehead atoms. The Hall–Kier alpha value is -2.98. The lowest BCUT2D eigenvalue weighted by molar-refractivity contribution is 0.313. The molecule has 0 amide bonds. The predicted octanol–water partition coefficient (Wildman–Crippen LogP) is 1.65. The van der Waals surface area contributed by atoms with Gasteiger partial charge in [0.05, 0.1) is 17.5 Å². The van der Waals surface area contributed by atoms with E-state index < -0.39 is 15.9 Å². The van der Waals surface area contributed by atoms with Gasteiger partial charge >= 0.3 is 0 Å². The summed E-state index contributed by atoms with van der Waals surface area (Å²) < 4.78 is 25.4. The van der Waals surface area contributed by atoms with Gasteiger partial charge in [0.1, 0.15) is 5.65 Å². The predicted molar refractivity (Wildman–Crippen MR) is 126 cm³/mol. The van der Waals surface area contributed by atoms with Crippen molar-refractivity contribution in [2.45, 2.75) is 12.5 Å². The van der Waals surface area contributed by atoms with Gasteiger partial charge in [0.15, 0.2) is 9.84 Å². The van der Waals surface area contributed by atoms with Gasteiger partial charge in [-0.25, -0.2) is 13.4 Å². The number of anilines is 3. The van der Waals surface area contributed by atoms with E-state index in [0.29, 0.717) is 23.4 Å². The van der Waals surface area contributed by atoms with E-state index in [0.717, 1.165) is 31.9 Å². The molecule has 2 saturated heterocycles. The largest absolute Gasteiger partial charge is 0.369 e. The summed E-state index contributed by atoms with van der Waals surface area (Å²) in [6.45, 7) is 4.11. The number of nitrogens with one attached hydrogen (secondary N) is 1. The molecule has 2 aliphatic rings. The minimum absolute atomic E-state index is 0.0352. The van der Waals surface area contributed by atoms with Gasteiger partial charge in [-0.2, -0.15) is 4.98 Å². The number of nitrogens with zero attached hydrogens (tertiary/aromatic N) is 5. The molecule has 2 aromatic heterocycles. The summed E-state index contributed by atoms with van der Waals surface area (Å²) in [5.41, 5.74) is 2.22. The molecule has 0 radical (unpaired) electrons. The highest BCUT2D eigenvalue weighted by molar-refractivity contribution is 7.91. The van der Waals surface area contributed by atoms with E-state index in [4.69, 9.17) is 0 Å². The summed E-state index contributed by atoms with van der Waals surface area (Å²) >= 11 is 0. The van der Waals surface area contributed by atoms with Crippen molar-refractivity contribution in [3.05, 3.63) is 52.9 Å². The summed E-state index contributed by atoms with van der Waals surface area (Å²) in [7, 11) is -0.992. The van der Waals surface area contributed by atoms with E-state index in [1.54, 1.807) is 12.3 Å². The first kappa shape index (κ1) is 20.9. The van der Waals surface area contributed by atoms with Gasteiger partial charge in [0.2, 0.25) is 5.95 Å². The number of hydrogen-bond donors (Lipinski definition) is 1. The van der Waals surface area contributed by atoms with Crippen molar-refractivity contribution in [3.8, 4) is 0 Å². The van der Waals surface area contributed by atoms with Crippen LogP contribution in [0.4, 0.5) is 17.3 Å². The molecule has 1 N–H and O–H groups in total. The first-order valence-electron chi connectivity index (χ1n) is 10.8. The second kappa shape index (κ2) is 8.18. The van der Waals surface area contributed by atoms with Crippen molar-refractivity contribution in [2.24, 2.45) is 0 Å². The lowest BCUT2D eigenvalue weighted by atomic mass is 10.2. The summed E-state index contributed by atoms with van der Waals surface area (Å²) in [6, 6.07) is 10.8. The number of fused-ring (bicyclic) bond motifs is 1. The van der Waals surface area contributed by atoms with Crippen LogP contribution in [0.5, 0.6) is 0 Å². The maximum Gasteiger partial charge on any atom is 0.252 e. The van der Waals surface area contributed by atoms with Crippen LogP contribution in [0.1, 0.15) is 12.5 Å². The van der Waals surface area contributed by atoms with Crippen LogP contribution in [0.2, 0.25) is 0 Å². The first-order valence-corrected chi connectivity index (χ1v) is 12.6. The maximum absolute atomic E-state index is 12.6. The zero-order valence-corrected chi connectivity index (χ0v) is 18.8. The number of aromatic nitrogens is 3. The number of pyridine rings is 1. The van der Waals surface area contributed by atoms with E-state index in [-0.39, 0.29) is 17.1 Å². The minimum atomic E-state index is -3.13. The Balaban J connectivity index is 1.40. The molecule has 168 valence electrons. The number of rotatable bonds is 4. The fraction of sp³-hybridized carbons (Fsp3) is 0.409. The molecular weight excluding hydrogens is 428 g/mol. The van der Waals surface area contributed by atoms with Gasteiger partial charge < -0.3 is 15.1 Å². The Morgan fingerprint density at radius 3 is 2.47 bits per heavy atom. The Morgan fingerprint density at radius 2 is 1.78 bits per heavy atom. The summed E-state index contributed by atoms with van der Waals surface area (Å²) in [5.74, 6) is 0.424. The Labute approximate surface area is 186 Å². The Morgan fingerprint density at radius 1 is 1.03 bits per heavy atom. The third-order valence-corrected chi connectivity index (χ3v) is 7.98. The molecule has 1 aromatic carbocycles. The molecule has 1 atom stereocenters. The van der Waals surface area contributed by atoms with E-state index >= 15 is 0 Å². The van der Waals surface area contributed by atoms with Gasteiger partial charge in [-0.05, 0) is 43.8 Å². The van der Waals surface area contributed by atoms with Crippen molar-refractivity contribution in [3.63, 3.8) is 0 Å². The van der Waals surface area contributed by atoms with Crippen LogP contribution in [0.15, 0.2) is 47.4 Å². The van der Waals surface area contributed by atoms with Gasteiger partial charge in [0, 0.05) is 55.2 Å². The molecule has 32 heavy (non-hydrogen) atoms. The molecule has 0 saturated carbocycles. The van der Waals surface area contributed by atoms with E-state index in [1.807, 2.05) is 12.1 Å². The normalized spacial score (nSPS) is 21.2. The lowest BCUT2D eigenvalue weighted by Crippen LogP contribution is -2.44. The fourth-order valence-corrected chi connectivity index (χ4v) is 6.08. The highest BCUT2D eigenvalue weighted by atomic mass is 32.2. The van der Waals surface area contributed by atoms with Gasteiger partial charge in [-0.1, -0.05) is 0 Å². The third kappa shape index (κ3) is 4.20. The van der Waals surface area contributed by atoms with Gasteiger partial charge in [-0.15, -0.1) is 0 Å². The highest BCUT2D eigenvalue weighted by Crippen LogP contribution is 2.26. The van der Waals surface area contributed by atoms with Crippen molar-refractivity contribution < 1.29 is 8.42 Å². The molecule has 2 aliphatic heterocycles. The SMILES string of the molecule is CN1CCN(c2ccc(Nc3ncc4ccc(=O)n(C5CCS(=O)(=O)C5)c4n3)cc2)CC1. The lowest BCUT2D eigenvalue weighted by Gasteiger charge is -2.34. The average Bonchev–Trinajstić information content (AvgIpc) is 3.14. The van der Waals surface area contributed by atoms with Crippen molar-refractivity contribution in [1.82, 2.24) is 19.4 Å². The zero-order valence-electron chi connectivity index (χ0n) is 17.9. The number of benzene rings is 1. The van der Waals surface area contributed by atoms with Crippen LogP contribution in [0.3, 0.4) is 0 Å². The van der Waals surface area contributed by atoms with E-state index in [2.05, 4.69) is 44.3 Å². The molecule has 0 spiro atoms. The molecule has 2 fully saturated rings. The standard InChI is InChI=1S/C22H26N6O3S/c1-26-9-11-27(12-10-26)18-5-3-17(4-6-18)24-22-23-14-16-2-7-20(29)28(21(16)25-22)19-8-13-32(30,31)15-19/h2-7,14,19H,8-13,15H2,1H3,(H,23,24,25). The van der Waals surface area contributed by atoms with Crippen LogP contribution in [-0.4, -0.2) is 72.6 Å². The molecule has 3 aromatic rings. The maximum atomic E-state index is 12.6. The summed E-state index contributed by atoms with van der Waals surface area (Å²) in [4.78, 5) is 26.2. The van der Waals surface area contributed by atoms with Crippen LogP contribution >= 0.6 is 0 Å². The second-order valence-corrected chi connectivity index (χ2v) is 10.8. The molecule has 4 heterocycles. The average molecular weight is 455 g/mol. The van der Waals surface area contributed by atoms with Crippen LogP contribution < -0.4 is 15.8 Å². The van der Waals surface area contributed by atoms with E-state index in [1.165, 1.54) is 16.3 Å². The molecule has 5 rings (SSSR count). The minimum Gasteiger partial charge on any atom is -0.369 e. The van der Waals surface area contributed by atoms with Crippen molar-refractivity contribution >= 4 is 38.2 Å². The zero-order chi connectivity index (χ0) is 22.3. The molecule has 0 aliphatic carbocycles. The van der Waals surface area contributed by atoms with Crippen LogP contribution in [0.25, 0.3) is 11.0 Å². The van der Waals surface area contributed by atoms with Gasteiger partial charge in [-0.3, -0.25) is 9.36 Å².